The van der Waals surface area contributed by atoms with Crippen molar-refractivity contribution in [1.29, 1.82) is 0 Å². The lowest BCUT2D eigenvalue weighted by atomic mass is 10.0. The van der Waals surface area contributed by atoms with Crippen molar-refractivity contribution < 1.29 is 14.0 Å². The molecule has 3 aromatic rings. The molecular formula is C22H22FN5O2. The van der Waals surface area contributed by atoms with Gasteiger partial charge in [0.15, 0.2) is 5.82 Å². The quantitative estimate of drug-likeness (QED) is 0.705. The number of carbonyl (C=O) groups is 2. The van der Waals surface area contributed by atoms with Crippen LogP contribution in [0.5, 0.6) is 0 Å². The minimum Gasteiger partial charge on any atom is -0.342 e. The number of aromatic nitrogens is 3. The zero-order valence-corrected chi connectivity index (χ0v) is 16.7. The van der Waals surface area contributed by atoms with Gasteiger partial charge in [-0.05, 0) is 24.6 Å². The fraction of sp³-hybridized carbons (Fsp3) is 0.273. The summed E-state index contributed by atoms with van der Waals surface area (Å²) in [7, 11) is 1.84. The topological polar surface area (TPSA) is 80.1 Å². The molecule has 7 nitrogen and oxygen atoms in total. The molecule has 8 heteroatoms. The normalized spacial score (nSPS) is 17.2. The molecular weight excluding hydrogens is 385 g/mol. The standard InChI is InChI=1S/C22H22FN5O2/c1-14-25-26-21(27(14)2)20(15-8-4-3-5-9-15)24-22(30)16-12-19(29)28(13-16)18-11-7-6-10-17(18)23/h3-11,16,20H,12-13H2,1-2H3,(H,24,30)/t16-,20-/m0/s1. The van der Waals surface area contributed by atoms with Crippen LogP contribution in [0, 0.1) is 18.7 Å². The molecule has 1 saturated heterocycles. The summed E-state index contributed by atoms with van der Waals surface area (Å²) in [6.07, 6.45) is 0.0273. The largest absolute Gasteiger partial charge is 0.342 e. The first kappa shape index (κ1) is 19.8. The van der Waals surface area contributed by atoms with E-state index in [0.717, 1.165) is 11.4 Å². The second-order valence-corrected chi connectivity index (χ2v) is 7.37. The van der Waals surface area contributed by atoms with Crippen LogP contribution in [0.3, 0.4) is 0 Å². The van der Waals surface area contributed by atoms with E-state index in [4.69, 9.17) is 0 Å². The number of hydrogen-bond acceptors (Lipinski definition) is 4. The number of halogens is 1. The Bertz CT molecular complexity index is 1080. The summed E-state index contributed by atoms with van der Waals surface area (Å²) in [4.78, 5) is 26.9. The molecule has 1 aliphatic rings. The summed E-state index contributed by atoms with van der Waals surface area (Å²) in [5.74, 6) is -0.298. The monoisotopic (exact) mass is 407 g/mol. The molecule has 1 N–H and O–H groups in total. The predicted octanol–water partition coefficient (Wildman–Crippen LogP) is 2.52. The molecule has 0 bridgehead atoms. The van der Waals surface area contributed by atoms with E-state index in [1.54, 1.807) is 18.2 Å². The summed E-state index contributed by atoms with van der Waals surface area (Å²) in [5.41, 5.74) is 1.05. The van der Waals surface area contributed by atoms with Crippen molar-refractivity contribution >= 4 is 17.5 Å². The Morgan fingerprint density at radius 2 is 1.83 bits per heavy atom. The summed E-state index contributed by atoms with van der Waals surface area (Å²) in [6.45, 7) is 1.97. The van der Waals surface area contributed by atoms with Crippen LogP contribution >= 0.6 is 0 Å². The van der Waals surface area contributed by atoms with E-state index < -0.39 is 17.8 Å². The molecule has 2 aromatic carbocycles. The van der Waals surface area contributed by atoms with Gasteiger partial charge in [-0.2, -0.15) is 0 Å². The first-order chi connectivity index (χ1) is 14.5. The molecule has 0 saturated carbocycles. The zero-order valence-electron chi connectivity index (χ0n) is 16.7. The van der Waals surface area contributed by atoms with E-state index in [1.807, 2.05) is 48.9 Å². The minimum absolute atomic E-state index is 0.0273. The Balaban J connectivity index is 1.57. The maximum Gasteiger partial charge on any atom is 0.227 e. The van der Waals surface area contributed by atoms with E-state index in [9.17, 15) is 14.0 Å². The number of hydrogen-bond donors (Lipinski definition) is 1. The van der Waals surface area contributed by atoms with Crippen LogP contribution in [0.4, 0.5) is 10.1 Å². The van der Waals surface area contributed by atoms with Crippen molar-refractivity contribution in [3.63, 3.8) is 0 Å². The maximum atomic E-state index is 14.1. The van der Waals surface area contributed by atoms with Crippen LogP contribution in [0.25, 0.3) is 0 Å². The molecule has 2 amide bonds. The zero-order chi connectivity index (χ0) is 21.3. The molecule has 2 heterocycles. The van der Waals surface area contributed by atoms with E-state index in [2.05, 4.69) is 15.5 Å². The van der Waals surface area contributed by atoms with Crippen LogP contribution in [0.2, 0.25) is 0 Å². The van der Waals surface area contributed by atoms with Gasteiger partial charge in [0.25, 0.3) is 0 Å². The molecule has 1 aliphatic heterocycles. The van der Waals surface area contributed by atoms with Gasteiger partial charge in [-0.1, -0.05) is 42.5 Å². The molecule has 30 heavy (non-hydrogen) atoms. The number of para-hydroxylation sites is 1. The van der Waals surface area contributed by atoms with Crippen molar-refractivity contribution in [2.45, 2.75) is 19.4 Å². The number of anilines is 1. The van der Waals surface area contributed by atoms with Gasteiger partial charge in [-0.3, -0.25) is 9.59 Å². The van der Waals surface area contributed by atoms with Gasteiger partial charge in [0, 0.05) is 20.0 Å². The third-order valence-electron chi connectivity index (χ3n) is 5.44. The summed E-state index contributed by atoms with van der Waals surface area (Å²) in [6, 6.07) is 15.0. The molecule has 2 atom stereocenters. The second kappa shape index (κ2) is 8.06. The van der Waals surface area contributed by atoms with E-state index in [1.165, 1.54) is 11.0 Å². The highest BCUT2D eigenvalue weighted by Crippen LogP contribution is 2.28. The molecule has 4 rings (SSSR count). The molecule has 1 aromatic heterocycles. The first-order valence-electron chi connectivity index (χ1n) is 9.72. The lowest BCUT2D eigenvalue weighted by Crippen LogP contribution is -2.37. The number of benzene rings is 2. The van der Waals surface area contributed by atoms with Crippen molar-refractivity contribution in [2.75, 3.05) is 11.4 Å². The summed E-state index contributed by atoms with van der Waals surface area (Å²) >= 11 is 0. The van der Waals surface area contributed by atoms with Crippen molar-refractivity contribution in [2.24, 2.45) is 13.0 Å². The van der Waals surface area contributed by atoms with Gasteiger partial charge in [0.05, 0.1) is 11.6 Å². The number of nitrogens with zero attached hydrogens (tertiary/aromatic N) is 4. The molecule has 0 spiro atoms. The Morgan fingerprint density at radius 1 is 1.13 bits per heavy atom. The first-order valence-corrected chi connectivity index (χ1v) is 9.72. The highest BCUT2D eigenvalue weighted by Gasteiger charge is 2.37. The van der Waals surface area contributed by atoms with Crippen LogP contribution in [-0.2, 0) is 16.6 Å². The lowest BCUT2D eigenvalue weighted by Gasteiger charge is -2.21. The molecule has 154 valence electrons. The van der Waals surface area contributed by atoms with Gasteiger partial charge in [-0.15, -0.1) is 10.2 Å². The fourth-order valence-electron chi connectivity index (χ4n) is 3.66. The lowest BCUT2D eigenvalue weighted by molar-refractivity contribution is -0.126. The summed E-state index contributed by atoms with van der Waals surface area (Å²) < 4.78 is 16.0. The van der Waals surface area contributed by atoms with Crippen LogP contribution in [0.15, 0.2) is 54.6 Å². The van der Waals surface area contributed by atoms with Crippen LogP contribution < -0.4 is 10.2 Å². The Kier molecular flexibility index (Phi) is 5.31. The van der Waals surface area contributed by atoms with Crippen LogP contribution in [-0.4, -0.2) is 33.1 Å². The number of carbonyl (C=O) groups excluding carboxylic acids is 2. The highest BCUT2D eigenvalue weighted by molar-refractivity contribution is 6.00. The van der Waals surface area contributed by atoms with Crippen molar-refractivity contribution in [3.05, 3.63) is 77.6 Å². The summed E-state index contributed by atoms with van der Waals surface area (Å²) in [5, 5.41) is 11.3. The Hall–Kier alpha value is -3.55. The van der Waals surface area contributed by atoms with Gasteiger partial charge < -0.3 is 14.8 Å². The average molecular weight is 407 g/mol. The Labute approximate surface area is 173 Å². The third-order valence-corrected chi connectivity index (χ3v) is 5.44. The molecule has 0 unspecified atom stereocenters. The molecule has 1 fully saturated rings. The smallest absolute Gasteiger partial charge is 0.227 e. The fourth-order valence-corrected chi connectivity index (χ4v) is 3.66. The van der Waals surface area contributed by atoms with Gasteiger partial charge in [-0.25, -0.2) is 4.39 Å². The maximum absolute atomic E-state index is 14.1. The number of amides is 2. The second-order valence-electron chi connectivity index (χ2n) is 7.37. The van der Waals surface area contributed by atoms with Gasteiger partial charge in [0.1, 0.15) is 17.7 Å². The number of rotatable bonds is 5. The van der Waals surface area contributed by atoms with Crippen LogP contribution in [0.1, 0.15) is 29.7 Å². The van der Waals surface area contributed by atoms with Crippen molar-refractivity contribution in [1.82, 2.24) is 20.1 Å². The molecule has 0 aliphatic carbocycles. The van der Waals surface area contributed by atoms with Gasteiger partial charge >= 0.3 is 0 Å². The average Bonchev–Trinajstić information content (AvgIpc) is 3.30. The highest BCUT2D eigenvalue weighted by atomic mass is 19.1. The van der Waals surface area contributed by atoms with E-state index >= 15 is 0 Å². The minimum atomic E-state index is -0.586. The van der Waals surface area contributed by atoms with E-state index in [0.29, 0.717) is 5.82 Å². The SMILES string of the molecule is Cc1nnc([C@@H](NC(=O)[C@H]2CC(=O)N(c3ccccc3F)C2)c2ccccc2)n1C. The predicted molar refractivity (Wildman–Crippen MR) is 109 cm³/mol. The van der Waals surface area contributed by atoms with Crippen molar-refractivity contribution in [3.8, 4) is 0 Å². The van der Waals surface area contributed by atoms with Gasteiger partial charge in [0.2, 0.25) is 11.8 Å². The third kappa shape index (κ3) is 3.68. The number of aryl methyl sites for hydroxylation is 1. The number of nitrogens with one attached hydrogen (secondary N) is 1. The molecule has 0 radical (unpaired) electrons. The Morgan fingerprint density at radius 3 is 2.50 bits per heavy atom. The van der Waals surface area contributed by atoms with E-state index in [-0.39, 0.29) is 30.5 Å².